The van der Waals surface area contributed by atoms with Crippen molar-refractivity contribution in [3.05, 3.63) is 66.6 Å². The fraction of sp³-hybridized carbons (Fsp3) is 0.429. The van der Waals surface area contributed by atoms with Crippen molar-refractivity contribution in [2.24, 2.45) is 11.8 Å². The van der Waals surface area contributed by atoms with Gasteiger partial charge in [0.2, 0.25) is 11.8 Å². The maximum absolute atomic E-state index is 13.7. The number of H-pyrrole nitrogens is 2. The maximum Gasteiger partial charge on any atom is 0.407 e. The fourth-order valence-electron chi connectivity index (χ4n) is 8.51. The van der Waals surface area contributed by atoms with Crippen LogP contribution in [0, 0.1) is 11.8 Å². The molecule has 2 saturated heterocycles. The summed E-state index contributed by atoms with van der Waals surface area (Å²) in [5.74, 6) is 2.23. The minimum absolute atomic E-state index is 0.124. The van der Waals surface area contributed by atoms with Crippen molar-refractivity contribution in [2.45, 2.75) is 77.5 Å². The summed E-state index contributed by atoms with van der Waals surface area (Å²) < 4.78 is 18.2. The van der Waals surface area contributed by atoms with Gasteiger partial charge in [-0.3, -0.25) is 9.59 Å². The minimum Gasteiger partial charge on any atom is -0.453 e. The van der Waals surface area contributed by atoms with Crippen LogP contribution >= 0.6 is 0 Å². The molecule has 3 aromatic heterocycles. The average Bonchev–Trinajstić information content (AvgIpc) is 4.07. The first-order valence-electron chi connectivity index (χ1n) is 19.8. The highest BCUT2D eigenvalue weighted by Crippen LogP contribution is 2.45. The van der Waals surface area contributed by atoms with Crippen molar-refractivity contribution >= 4 is 34.9 Å². The number of ether oxygens (including phenoxy) is 3. The molecule has 2 aromatic carbocycles. The van der Waals surface area contributed by atoms with Crippen LogP contribution in [0.3, 0.4) is 0 Å². The molecule has 0 spiro atoms. The van der Waals surface area contributed by atoms with Crippen LogP contribution in [-0.4, -0.2) is 97.7 Å². The van der Waals surface area contributed by atoms with Gasteiger partial charge in [-0.1, -0.05) is 33.8 Å². The summed E-state index contributed by atoms with van der Waals surface area (Å²) in [7, 11) is 2.57. The van der Waals surface area contributed by atoms with Gasteiger partial charge in [-0.25, -0.2) is 19.6 Å². The highest BCUT2D eigenvalue weighted by atomic mass is 16.5. The van der Waals surface area contributed by atoms with E-state index in [-0.39, 0.29) is 35.7 Å². The molecule has 5 aromatic rings. The second-order valence-corrected chi connectivity index (χ2v) is 15.8. The Morgan fingerprint density at radius 1 is 0.759 bits per heavy atom. The van der Waals surface area contributed by atoms with Gasteiger partial charge in [-0.05, 0) is 67.9 Å². The van der Waals surface area contributed by atoms with Gasteiger partial charge >= 0.3 is 12.2 Å². The Morgan fingerprint density at radius 2 is 1.33 bits per heavy atom. The Morgan fingerprint density at radius 3 is 1.90 bits per heavy atom. The van der Waals surface area contributed by atoms with E-state index in [1.54, 1.807) is 16.0 Å². The van der Waals surface area contributed by atoms with E-state index in [1.807, 2.05) is 70.4 Å². The normalized spacial score (nSPS) is 18.3. The maximum atomic E-state index is 13.7. The number of carbonyl (C=O) groups is 4. The zero-order valence-corrected chi connectivity index (χ0v) is 33.5. The van der Waals surface area contributed by atoms with E-state index in [0.29, 0.717) is 36.2 Å². The van der Waals surface area contributed by atoms with Gasteiger partial charge in [0.05, 0.1) is 61.3 Å². The molecule has 304 valence electrons. The standard InChI is InChI=1S/C42H49N9O7/c1-22(2)34(47-41(54)56-5)39(52)50-16-7-9-30(50)37-43-20-27(45-37)24-11-13-29-33(19-24)58-32-14-12-25(26-15-18-49(29)36(26)32)28-21-44-38(46-28)31-10-8-17-51(31)40(53)35(23(3)4)48-42(55)57-6/h11-15,18-23,30-31,34-35H,7-10,16-17H2,1-6H3,(H,43,45)(H,44,46)(H,47,54)(H,48,55)/t30-,31-,34-,35-/m0/s1. The van der Waals surface area contributed by atoms with Crippen LogP contribution in [0.1, 0.15) is 77.1 Å². The monoisotopic (exact) mass is 791 g/mol. The fourth-order valence-corrected chi connectivity index (χ4v) is 8.51. The molecule has 0 saturated carbocycles. The number of hydrogen-bond acceptors (Lipinski definition) is 9. The summed E-state index contributed by atoms with van der Waals surface area (Å²) in [6, 6.07) is 10.2. The van der Waals surface area contributed by atoms with Gasteiger partial charge in [0.15, 0.2) is 11.5 Å². The van der Waals surface area contributed by atoms with Crippen LogP contribution < -0.4 is 15.4 Å². The summed E-state index contributed by atoms with van der Waals surface area (Å²) >= 11 is 0. The van der Waals surface area contributed by atoms with E-state index < -0.39 is 24.3 Å². The molecule has 58 heavy (non-hydrogen) atoms. The number of alkyl carbamates (subject to hydrolysis) is 2. The van der Waals surface area contributed by atoms with Crippen LogP contribution in [0.15, 0.2) is 55.0 Å². The van der Waals surface area contributed by atoms with Gasteiger partial charge in [0.1, 0.15) is 23.7 Å². The predicted molar refractivity (Wildman–Crippen MR) is 214 cm³/mol. The van der Waals surface area contributed by atoms with Crippen LogP contribution in [0.2, 0.25) is 0 Å². The van der Waals surface area contributed by atoms with E-state index >= 15 is 0 Å². The van der Waals surface area contributed by atoms with Gasteiger partial charge in [-0.15, -0.1) is 0 Å². The molecule has 3 aliphatic heterocycles. The van der Waals surface area contributed by atoms with Gasteiger partial charge in [0.25, 0.3) is 0 Å². The molecule has 4 N–H and O–H groups in total. The van der Waals surface area contributed by atoms with E-state index in [2.05, 4.69) is 31.2 Å². The first kappa shape index (κ1) is 38.5. The van der Waals surface area contributed by atoms with Crippen molar-refractivity contribution in [3.8, 4) is 39.7 Å². The molecule has 8 rings (SSSR count). The Bertz CT molecular complexity index is 2380. The number of nitrogens with one attached hydrogen (secondary N) is 4. The molecule has 0 unspecified atom stereocenters. The number of amides is 4. The van der Waals surface area contributed by atoms with E-state index in [4.69, 9.17) is 24.2 Å². The molecule has 0 radical (unpaired) electrons. The van der Waals surface area contributed by atoms with Crippen molar-refractivity contribution in [3.63, 3.8) is 0 Å². The lowest BCUT2D eigenvalue weighted by Gasteiger charge is -2.30. The lowest BCUT2D eigenvalue weighted by atomic mass is 10.0. The number of carbonyl (C=O) groups excluding carboxylic acids is 4. The molecule has 0 aliphatic carbocycles. The highest BCUT2D eigenvalue weighted by Gasteiger charge is 2.39. The minimum atomic E-state index is -0.710. The zero-order chi connectivity index (χ0) is 40.8. The van der Waals surface area contributed by atoms with E-state index in [9.17, 15) is 19.2 Å². The molecular formula is C42H49N9O7. The van der Waals surface area contributed by atoms with Crippen molar-refractivity contribution < 1.29 is 33.4 Å². The second kappa shape index (κ2) is 15.6. The second-order valence-electron chi connectivity index (χ2n) is 15.8. The Hall–Kier alpha value is -6.32. The molecule has 6 heterocycles. The summed E-state index contributed by atoms with van der Waals surface area (Å²) in [4.78, 5) is 71.4. The molecule has 4 amide bonds. The third kappa shape index (κ3) is 6.89. The van der Waals surface area contributed by atoms with Crippen LogP contribution in [0.25, 0.3) is 39.1 Å². The SMILES string of the molecule is COC(=O)N[C@H](C(=O)N1CCC[C@H]1c1ncc(-c2ccc3c(c2)Oc2ccc(-c4cnc([C@@H]5CCCN5C(=O)[C@@H](NC(=O)OC)C(C)C)[nH]4)c4ccn-3c24)[nH]1)C(C)C. The first-order chi connectivity index (χ1) is 28.0. The third-order valence-corrected chi connectivity index (χ3v) is 11.5. The number of hydrogen-bond donors (Lipinski definition) is 4. The summed E-state index contributed by atoms with van der Waals surface area (Å²) in [6.45, 7) is 8.73. The molecular weight excluding hydrogens is 743 g/mol. The zero-order valence-electron chi connectivity index (χ0n) is 33.5. The molecule has 16 nitrogen and oxygen atoms in total. The number of nitrogens with zero attached hydrogens (tertiary/aromatic N) is 5. The summed E-state index contributed by atoms with van der Waals surface area (Å²) in [6.07, 6.45) is 7.52. The number of imidazole rings is 2. The quantitative estimate of drug-likeness (QED) is 0.118. The molecule has 4 atom stereocenters. The molecule has 2 fully saturated rings. The molecule has 0 bridgehead atoms. The number of aromatic nitrogens is 5. The third-order valence-electron chi connectivity index (χ3n) is 11.5. The molecule has 16 heteroatoms. The number of likely N-dealkylation sites (tertiary alicyclic amines) is 2. The smallest absolute Gasteiger partial charge is 0.407 e. The van der Waals surface area contributed by atoms with Crippen molar-refractivity contribution in [2.75, 3.05) is 27.3 Å². The Balaban J connectivity index is 1.01. The number of methoxy groups -OCH3 is 2. The lowest BCUT2D eigenvalue weighted by Crippen LogP contribution is -2.51. The lowest BCUT2D eigenvalue weighted by molar-refractivity contribution is -0.136. The average molecular weight is 792 g/mol. The van der Waals surface area contributed by atoms with Crippen molar-refractivity contribution in [1.29, 1.82) is 0 Å². The topological polar surface area (TPSA) is 189 Å². The molecule has 3 aliphatic rings. The predicted octanol–water partition coefficient (Wildman–Crippen LogP) is 6.60. The largest absolute Gasteiger partial charge is 0.453 e. The van der Waals surface area contributed by atoms with Crippen molar-refractivity contribution in [1.82, 2.24) is 44.9 Å². The number of rotatable bonds is 10. The summed E-state index contributed by atoms with van der Waals surface area (Å²) in [5.41, 5.74) is 5.27. The number of fused-ring (bicyclic) bond motifs is 2. The summed E-state index contributed by atoms with van der Waals surface area (Å²) in [5, 5.41) is 6.39. The van der Waals surface area contributed by atoms with E-state index in [0.717, 1.165) is 64.8 Å². The van der Waals surface area contributed by atoms with E-state index in [1.165, 1.54) is 14.2 Å². The Kier molecular flexibility index (Phi) is 10.3. The van der Waals surface area contributed by atoms with Gasteiger partial charge in [0, 0.05) is 35.8 Å². The van der Waals surface area contributed by atoms with Crippen LogP contribution in [0.4, 0.5) is 9.59 Å². The Labute approximate surface area is 335 Å². The number of benzene rings is 2. The first-order valence-corrected chi connectivity index (χ1v) is 19.8. The van der Waals surface area contributed by atoms with Crippen LogP contribution in [-0.2, 0) is 19.1 Å². The van der Waals surface area contributed by atoms with Gasteiger partial charge in [-0.2, -0.15) is 0 Å². The van der Waals surface area contributed by atoms with Crippen LogP contribution in [0.5, 0.6) is 11.5 Å². The number of aromatic amines is 2. The highest BCUT2D eigenvalue weighted by molar-refractivity contribution is 6.00. The van der Waals surface area contributed by atoms with Gasteiger partial charge < -0.3 is 49.2 Å².